The lowest BCUT2D eigenvalue weighted by molar-refractivity contribution is -0.127. The number of aliphatic hydroxyl groups excluding tert-OH is 1. The summed E-state index contributed by atoms with van der Waals surface area (Å²) in [7, 11) is 0. The average Bonchev–Trinajstić information content (AvgIpc) is 2.35. The highest BCUT2D eigenvalue weighted by Gasteiger charge is 2.16. The van der Waals surface area contributed by atoms with Gasteiger partial charge in [0.05, 0.1) is 6.10 Å². The minimum Gasteiger partial charge on any atom is -0.481 e. The molecule has 0 aliphatic rings. The third-order valence-electron chi connectivity index (χ3n) is 2.79. The molecule has 0 heterocycles. The highest BCUT2D eigenvalue weighted by molar-refractivity contribution is 5.80. The number of hydrogen-bond donors (Lipinski definition) is 2. The van der Waals surface area contributed by atoms with Gasteiger partial charge >= 0.3 is 0 Å². The van der Waals surface area contributed by atoms with Gasteiger partial charge < -0.3 is 15.2 Å². The Morgan fingerprint density at radius 3 is 2.50 bits per heavy atom. The lowest BCUT2D eigenvalue weighted by Gasteiger charge is -2.16. The maximum absolute atomic E-state index is 13.7. The molecule has 0 bridgehead atoms. The summed E-state index contributed by atoms with van der Waals surface area (Å²) < 4.78 is 19.1. The van der Waals surface area contributed by atoms with Crippen molar-refractivity contribution in [2.45, 2.75) is 39.9 Å². The Kier molecular flexibility index (Phi) is 5.95. The van der Waals surface area contributed by atoms with Crippen molar-refractivity contribution >= 4 is 5.91 Å². The summed E-state index contributed by atoms with van der Waals surface area (Å²) in [6, 6.07) is 4.17. The summed E-state index contributed by atoms with van der Waals surface area (Å²) in [5, 5.41) is 12.1. The molecule has 0 radical (unpaired) electrons. The first kappa shape index (κ1) is 16.4. The summed E-state index contributed by atoms with van der Waals surface area (Å²) in [5.41, 5.74) is 0.203. The number of carbonyl (C=O) groups is 1. The van der Waals surface area contributed by atoms with Crippen LogP contribution in [-0.4, -0.2) is 23.7 Å². The molecule has 2 N–H and O–H groups in total. The van der Waals surface area contributed by atoms with E-state index in [-0.39, 0.29) is 17.2 Å². The minimum atomic E-state index is -0.879. The molecule has 112 valence electrons. The lowest BCUT2D eigenvalue weighted by Crippen LogP contribution is -2.38. The molecule has 5 heteroatoms. The maximum atomic E-state index is 13.7. The number of benzene rings is 1. The standard InChI is InChI=1S/C15H22FNO3/c1-9(2)8-17-15(19)11(4)20-12-5-6-13(10(3)18)14(16)7-12/h5-7,9-11,18H,8H2,1-4H3,(H,17,19)/t10-,11?/m1/s1. The summed E-state index contributed by atoms with van der Waals surface area (Å²) in [4.78, 5) is 11.7. The zero-order valence-corrected chi connectivity index (χ0v) is 12.3. The van der Waals surface area contributed by atoms with Crippen LogP contribution in [0.1, 0.15) is 39.4 Å². The number of nitrogens with one attached hydrogen (secondary N) is 1. The first-order valence-electron chi connectivity index (χ1n) is 6.73. The van der Waals surface area contributed by atoms with E-state index in [1.165, 1.54) is 25.1 Å². The summed E-state index contributed by atoms with van der Waals surface area (Å²) in [6.07, 6.45) is -1.58. The Hall–Kier alpha value is -1.62. The topological polar surface area (TPSA) is 58.6 Å². The fraction of sp³-hybridized carbons (Fsp3) is 0.533. The number of carbonyl (C=O) groups excluding carboxylic acids is 1. The van der Waals surface area contributed by atoms with Gasteiger partial charge in [-0.1, -0.05) is 13.8 Å². The second-order valence-electron chi connectivity index (χ2n) is 5.26. The van der Waals surface area contributed by atoms with Crippen molar-refractivity contribution in [2.24, 2.45) is 5.92 Å². The van der Waals surface area contributed by atoms with E-state index in [0.29, 0.717) is 12.5 Å². The van der Waals surface area contributed by atoms with E-state index in [1.54, 1.807) is 6.92 Å². The Morgan fingerprint density at radius 1 is 1.35 bits per heavy atom. The van der Waals surface area contributed by atoms with Crippen LogP contribution in [-0.2, 0) is 4.79 Å². The van der Waals surface area contributed by atoms with Gasteiger partial charge in [0.15, 0.2) is 6.10 Å². The first-order valence-corrected chi connectivity index (χ1v) is 6.73. The Bertz CT molecular complexity index is 460. The van der Waals surface area contributed by atoms with Crippen molar-refractivity contribution < 1.29 is 19.0 Å². The Labute approximate surface area is 119 Å². The minimum absolute atomic E-state index is 0.203. The molecule has 0 spiro atoms. The zero-order valence-electron chi connectivity index (χ0n) is 12.3. The van der Waals surface area contributed by atoms with Gasteiger partial charge in [0.2, 0.25) is 0 Å². The van der Waals surface area contributed by atoms with E-state index in [4.69, 9.17) is 4.74 Å². The molecule has 20 heavy (non-hydrogen) atoms. The normalized spacial score (nSPS) is 13.9. The molecule has 1 rings (SSSR count). The van der Waals surface area contributed by atoms with Gasteiger partial charge in [-0.25, -0.2) is 4.39 Å². The Morgan fingerprint density at radius 2 is 2.00 bits per heavy atom. The molecule has 1 aromatic carbocycles. The molecule has 0 aliphatic carbocycles. The predicted octanol–water partition coefficient (Wildman–Crippen LogP) is 2.42. The van der Waals surface area contributed by atoms with Crippen LogP contribution in [0.3, 0.4) is 0 Å². The van der Waals surface area contributed by atoms with Gasteiger partial charge in [0.1, 0.15) is 11.6 Å². The molecular weight excluding hydrogens is 261 g/mol. The van der Waals surface area contributed by atoms with Gasteiger partial charge in [-0.15, -0.1) is 0 Å². The van der Waals surface area contributed by atoms with Gasteiger partial charge in [-0.3, -0.25) is 4.79 Å². The van der Waals surface area contributed by atoms with Crippen LogP contribution in [0.15, 0.2) is 18.2 Å². The van der Waals surface area contributed by atoms with Crippen LogP contribution in [0.2, 0.25) is 0 Å². The molecule has 1 unspecified atom stereocenters. The lowest BCUT2D eigenvalue weighted by atomic mass is 10.1. The third kappa shape index (κ3) is 4.81. The highest BCUT2D eigenvalue weighted by Crippen LogP contribution is 2.22. The van der Waals surface area contributed by atoms with E-state index < -0.39 is 18.0 Å². The second kappa shape index (κ2) is 7.24. The molecule has 1 amide bonds. The second-order valence-corrected chi connectivity index (χ2v) is 5.26. The molecule has 2 atom stereocenters. The number of rotatable bonds is 6. The van der Waals surface area contributed by atoms with Crippen molar-refractivity contribution in [3.63, 3.8) is 0 Å². The van der Waals surface area contributed by atoms with Crippen LogP contribution in [0.5, 0.6) is 5.75 Å². The van der Waals surface area contributed by atoms with E-state index in [9.17, 15) is 14.3 Å². The van der Waals surface area contributed by atoms with Crippen molar-refractivity contribution in [3.05, 3.63) is 29.6 Å². The monoisotopic (exact) mass is 283 g/mol. The molecule has 0 aliphatic heterocycles. The van der Waals surface area contributed by atoms with Crippen LogP contribution in [0.25, 0.3) is 0 Å². The molecule has 0 aromatic heterocycles. The first-order chi connectivity index (χ1) is 9.31. The average molecular weight is 283 g/mol. The quantitative estimate of drug-likeness (QED) is 0.843. The third-order valence-corrected chi connectivity index (χ3v) is 2.79. The van der Waals surface area contributed by atoms with Crippen molar-refractivity contribution in [1.29, 1.82) is 0 Å². The number of amides is 1. The molecule has 0 saturated carbocycles. The summed E-state index contributed by atoms with van der Waals surface area (Å²) >= 11 is 0. The van der Waals surface area contributed by atoms with Gasteiger partial charge in [-0.05, 0) is 31.9 Å². The SMILES string of the molecule is CC(C)CNC(=O)C(C)Oc1ccc([C@@H](C)O)c(F)c1. The van der Waals surface area contributed by atoms with Crippen LogP contribution in [0, 0.1) is 11.7 Å². The van der Waals surface area contributed by atoms with Gasteiger partial charge in [0, 0.05) is 18.2 Å². The zero-order chi connectivity index (χ0) is 15.3. The van der Waals surface area contributed by atoms with Gasteiger partial charge in [-0.2, -0.15) is 0 Å². The Balaban J connectivity index is 2.64. The maximum Gasteiger partial charge on any atom is 0.260 e. The molecule has 0 saturated heterocycles. The molecule has 1 aromatic rings. The van der Waals surface area contributed by atoms with Gasteiger partial charge in [0.25, 0.3) is 5.91 Å². The fourth-order valence-corrected chi connectivity index (χ4v) is 1.63. The summed E-state index contributed by atoms with van der Waals surface area (Å²) in [5.74, 6) is -0.168. The van der Waals surface area contributed by atoms with Crippen LogP contribution < -0.4 is 10.1 Å². The number of hydrogen-bond acceptors (Lipinski definition) is 3. The molecule has 4 nitrogen and oxygen atoms in total. The van der Waals surface area contributed by atoms with Crippen molar-refractivity contribution in [1.82, 2.24) is 5.32 Å². The van der Waals surface area contributed by atoms with E-state index in [1.807, 2.05) is 13.8 Å². The van der Waals surface area contributed by atoms with Crippen molar-refractivity contribution in [2.75, 3.05) is 6.54 Å². The number of halogens is 1. The fourth-order valence-electron chi connectivity index (χ4n) is 1.63. The van der Waals surface area contributed by atoms with Crippen LogP contribution >= 0.6 is 0 Å². The smallest absolute Gasteiger partial charge is 0.260 e. The highest BCUT2D eigenvalue weighted by atomic mass is 19.1. The van der Waals surface area contributed by atoms with Crippen LogP contribution in [0.4, 0.5) is 4.39 Å². The number of ether oxygens (including phenoxy) is 1. The number of aliphatic hydroxyl groups is 1. The molecule has 0 fully saturated rings. The largest absolute Gasteiger partial charge is 0.481 e. The van der Waals surface area contributed by atoms with E-state index in [0.717, 1.165) is 0 Å². The predicted molar refractivity (Wildman–Crippen MR) is 75.0 cm³/mol. The molecular formula is C15H22FNO3. The van der Waals surface area contributed by atoms with Crippen molar-refractivity contribution in [3.8, 4) is 5.75 Å². The van der Waals surface area contributed by atoms with E-state index >= 15 is 0 Å². The summed E-state index contributed by atoms with van der Waals surface area (Å²) in [6.45, 7) is 7.66. The van der Waals surface area contributed by atoms with E-state index in [2.05, 4.69) is 5.32 Å².